The van der Waals surface area contributed by atoms with E-state index in [1.54, 1.807) is 12.3 Å². The molecule has 3 aliphatic rings. The van der Waals surface area contributed by atoms with E-state index >= 15 is 0 Å². The molecule has 0 bridgehead atoms. The van der Waals surface area contributed by atoms with Crippen LogP contribution < -0.4 is 10.6 Å². The molecule has 0 saturated carbocycles. The number of amidine groups is 2. The number of hydrogen-bond acceptors (Lipinski definition) is 9. The van der Waals surface area contributed by atoms with Crippen LogP contribution in [-0.4, -0.2) is 40.6 Å². The second-order valence-corrected chi connectivity index (χ2v) is 7.88. The molecule has 29 heavy (non-hydrogen) atoms. The number of nitrogens with zero attached hydrogens (tertiary/aromatic N) is 5. The average Bonchev–Trinajstić information content (AvgIpc) is 3.48. The number of anilines is 1. The maximum Gasteiger partial charge on any atom is 0.203 e. The third-order valence-corrected chi connectivity index (χ3v) is 5.84. The molecular weight excluding hydrogens is 386 g/mol. The van der Waals surface area contributed by atoms with E-state index in [2.05, 4.69) is 38.3 Å². The monoisotopic (exact) mass is 405 g/mol. The van der Waals surface area contributed by atoms with Crippen molar-refractivity contribution in [2.75, 3.05) is 25.0 Å². The zero-order valence-corrected chi connectivity index (χ0v) is 16.7. The first-order valence-electron chi connectivity index (χ1n) is 9.44. The molecule has 1 atom stereocenters. The quantitative estimate of drug-likeness (QED) is 0.814. The van der Waals surface area contributed by atoms with Gasteiger partial charge in [-0.05, 0) is 43.1 Å². The normalized spacial score (nSPS) is 21.0. The largest absolute Gasteiger partial charge is 0.453 e. The maximum atomic E-state index is 9.10. The van der Waals surface area contributed by atoms with Crippen molar-refractivity contribution in [3.05, 3.63) is 59.0 Å². The fourth-order valence-corrected chi connectivity index (χ4v) is 4.30. The van der Waals surface area contributed by atoms with Crippen LogP contribution in [0.4, 0.5) is 5.00 Å². The topological polar surface area (TPSA) is 102 Å². The van der Waals surface area contributed by atoms with Crippen molar-refractivity contribution in [2.24, 2.45) is 9.98 Å². The molecule has 0 spiro atoms. The lowest BCUT2D eigenvalue weighted by molar-refractivity contribution is 0.448. The molecule has 0 aliphatic carbocycles. The first kappa shape index (κ1) is 17.8. The molecule has 2 aromatic rings. The molecule has 0 radical (unpaired) electrons. The Morgan fingerprint density at radius 3 is 3.07 bits per heavy atom. The highest BCUT2D eigenvalue weighted by Gasteiger charge is 2.35. The number of aliphatic imine (C=N–C) groups is 2. The van der Waals surface area contributed by atoms with Crippen LogP contribution in [0.3, 0.4) is 0 Å². The molecule has 2 N–H and O–H groups in total. The lowest BCUT2D eigenvalue weighted by Crippen LogP contribution is -2.38. The molecule has 1 unspecified atom stereocenters. The summed E-state index contributed by atoms with van der Waals surface area (Å²) in [5.74, 6) is 1.80. The standard InChI is InChI=1S/C20H19N7OS/c1-12-5-18(29-26-12)25-19-20-23-9-17(14-6-15(7-21)28-11-14)27(20)10-16(24-19)13-3-2-4-22-8-13/h3,5-6,10-11,17,22H,2,4,8-9H2,1H3,(H,24,25). The molecule has 0 aromatic carbocycles. The van der Waals surface area contributed by atoms with Gasteiger partial charge in [-0.1, -0.05) is 6.08 Å². The number of nitrogens with one attached hydrogen (secondary N) is 2. The van der Waals surface area contributed by atoms with Crippen molar-refractivity contribution in [1.29, 1.82) is 5.26 Å². The fraction of sp³-hybridized carbons (Fsp3) is 0.300. The first-order chi connectivity index (χ1) is 14.2. The van der Waals surface area contributed by atoms with Crippen molar-refractivity contribution in [2.45, 2.75) is 19.4 Å². The molecule has 8 nitrogen and oxygen atoms in total. The van der Waals surface area contributed by atoms with E-state index in [4.69, 9.17) is 19.7 Å². The van der Waals surface area contributed by atoms with E-state index in [1.165, 1.54) is 17.1 Å². The van der Waals surface area contributed by atoms with Gasteiger partial charge in [-0.25, -0.2) is 4.99 Å². The van der Waals surface area contributed by atoms with Gasteiger partial charge in [0.15, 0.2) is 11.7 Å². The predicted octanol–water partition coefficient (Wildman–Crippen LogP) is 2.96. The van der Waals surface area contributed by atoms with Crippen LogP contribution in [0.5, 0.6) is 0 Å². The number of aromatic nitrogens is 1. The highest BCUT2D eigenvalue weighted by atomic mass is 32.1. The van der Waals surface area contributed by atoms with E-state index < -0.39 is 0 Å². The average molecular weight is 405 g/mol. The van der Waals surface area contributed by atoms with E-state index in [0.29, 0.717) is 18.1 Å². The Hall–Kier alpha value is -3.22. The van der Waals surface area contributed by atoms with Gasteiger partial charge in [0.1, 0.15) is 11.1 Å². The molecule has 0 amide bonds. The van der Waals surface area contributed by atoms with Crippen LogP contribution in [-0.2, 0) is 0 Å². The third-order valence-electron chi connectivity index (χ3n) is 5.04. The lowest BCUT2D eigenvalue weighted by atomic mass is 10.1. The Morgan fingerprint density at radius 2 is 2.34 bits per heavy atom. The molecular formula is C20H19N7OS. The van der Waals surface area contributed by atoms with Crippen LogP contribution in [0.15, 0.2) is 56.3 Å². The SMILES string of the molecule is Cc1cc(NC2=NC(C3=CCCNC3)=CN3C2=NCC3c2coc(C#N)c2)sn1. The number of hydrogen-bond donors (Lipinski definition) is 2. The number of furan rings is 1. The van der Waals surface area contributed by atoms with E-state index in [9.17, 15) is 0 Å². The fourth-order valence-electron chi connectivity index (χ4n) is 3.64. The van der Waals surface area contributed by atoms with Crippen molar-refractivity contribution in [3.63, 3.8) is 0 Å². The molecule has 5 heterocycles. The Balaban J connectivity index is 1.51. The second kappa shape index (κ2) is 7.31. The van der Waals surface area contributed by atoms with Crippen molar-refractivity contribution < 1.29 is 4.42 Å². The van der Waals surface area contributed by atoms with Gasteiger partial charge in [-0.3, -0.25) is 4.99 Å². The Morgan fingerprint density at radius 1 is 1.41 bits per heavy atom. The van der Waals surface area contributed by atoms with Crippen LogP contribution in [0.25, 0.3) is 0 Å². The van der Waals surface area contributed by atoms with Gasteiger partial charge in [-0.2, -0.15) is 9.64 Å². The summed E-state index contributed by atoms with van der Waals surface area (Å²) in [5, 5.41) is 16.8. The summed E-state index contributed by atoms with van der Waals surface area (Å²) in [4.78, 5) is 11.8. The van der Waals surface area contributed by atoms with Crippen LogP contribution in [0, 0.1) is 18.3 Å². The minimum atomic E-state index is -0.0292. The van der Waals surface area contributed by atoms with E-state index in [-0.39, 0.29) is 6.04 Å². The first-order valence-corrected chi connectivity index (χ1v) is 10.2. The van der Waals surface area contributed by atoms with Crippen molar-refractivity contribution in [1.82, 2.24) is 14.6 Å². The lowest BCUT2D eigenvalue weighted by Gasteiger charge is -2.29. The van der Waals surface area contributed by atoms with Gasteiger partial charge in [0.05, 0.1) is 30.2 Å². The summed E-state index contributed by atoms with van der Waals surface area (Å²) in [6, 6.07) is 5.80. The van der Waals surface area contributed by atoms with Crippen LogP contribution in [0.2, 0.25) is 0 Å². The van der Waals surface area contributed by atoms with Crippen LogP contribution >= 0.6 is 11.5 Å². The van der Waals surface area contributed by atoms with Gasteiger partial charge in [0.25, 0.3) is 0 Å². The molecule has 0 saturated heterocycles. The summed E-state index contributed by atoms with van der Waals surface area (Å²) < 4.78 is 9.68. The van der Waals surface area contributed by atoms with Crippen molar-refractivity contribution in [3.8, 4) is 6.07 Å². The number of fused-ring (bicyclic) bond motifs is 1. The van der Waals surface area contributed by atoms with E-state index in [0.717, 1.165) is 47.3 Å². The molecule has 5 rings (SSSR count). The van der Waals surface area contributed by atoms with Gasteiger partial charge < -0.3 is 20.0 Å². The smallest absolute Gasteiger partial charge is 0.203 e. The Labute approximate surface area is 172 Å². The van der Waals surface area contributed by atoms with Gasteiger partial charge in [0, 0.05) is 24.4 Å². The number of nitriles is 1. The summed E-state index contributed by atoms with van der Waals surface area (Å²) in [6.07, 6.45) is 6.91. The van der Waals surface area contributed by atoms with Gasteiger partial charge >= 0.3 is 0 Å². The summed E-state index contributed by atoms with van der Waals surface area (Å²) in [5.41, 5.74) is 3.98. The summed E-state index contributed by atoms with van der Waals surface area (Å²) >= 11 is 1.40. The minimum absolute atomic E-state index is 0.0292. The number of rotatable bonds is 3. The summed E-state index contributed by atoms with van der Waals surface area (Å²) in [7, 11) is 0. The summed E-state index contributed by atoms with van der Waals surface area (Å²) in [6.45, 7) is 4.31. The predicted molar refractivity (Wildman–Crippen MR) is 112 cm³/mol. The second-order valence-electron chi connectivity index (χ2n) is 7.07. The van der Waals surface area contributed by atoms with Gasteiger partial charge in [-0.15, -0.1) is 0 Å². The molecule has 146 valence electrons. The van der Waals surface area contributed by atoms with Crippen molar-refractivity contribution >= 4 is 28.2 Å². The zero-order chi connectivity index (χ0) is 19.8. The highest BCUT2D eigenvalue weighted by Crippen LogP contribution is 2.33. The maximum absolute atomic E-state index is 9.10. The molecule has 0 fully saturated rings. The molecule has 2 aromatic heterocycles. The molecule has 3 aliphatic heterocycles. The zero-order valence-electron chi connectivity index (χ0n) is 15.8. The highest BCUT2D eigenvalue weighted by molar-refractivity contribution is 7.10. The number of aryl methyl sites for hydroxylation is 1. The van der Waals surface area contributed by atoms with Crippen LogP contribution in [0.1, 0.15) is 29.5 Å². The molecule has 9 heteroatoms. The Bertz CT molecular complexity index is 1110. The Kier molecular flexibility index (Phi) is 4.50. The third kappa shape index (κ3) is 3.37. The van der Waals surface area contributed by atoms with E-state index in [1.807, 2.05) is 13.0 Å². The minimum Gasteiger partial charge on any atom is -0.453 e. The van der Waals surface area contributed by atoms with Gasteiger partial charge in [0.2, 0.25) is 5.76 Å².